The van der Waals surface area contributed by atoms with Crippen LogP contribution in [0.3, 0.4) is 0 Å². The van der Waals surface area contributed by atoms with Crippen molar-refractivity contribution in [1.29, 1.82) is 0 Å². The molecule has 2 atom stereocenters. The number of carbonyl (C=O) groups is 1. The topological polar surface area (TPSA) is 122 Å². The number of benzene rings is 2. The fraction of sp³-hybridized carbons (Fsp3) is 0.419. The van der Waals surface area contributed by atoms with Crippen LogP contribution in [0.1, 0.15) is 66.3 Å². The third-order valence-corrected chi connectivity index (χ3v) is 10.7. The van der Waals surface area contributed by atoms with Gasteiger partial charge in [0.05, 0.1) is 11.9 Å². The Hall–Kier alpha value is -3.83. The van der Waals surface area contributed by atoms with Crippen LogP contribution in [0.25, 0.3) is 11.0 Å². The van der Waals surface area contributed by atoms with Crippen molar-refractivity contribution in [2.45, 2.75) is 76.4 Å². The molecule has 1 fully saturated rings. The highest BCUT2D eigenvalue weighted by atomic mass is 32.2. The van der Waals surface area contributed by atoms with Crippen LogP contribution in [-0.4, -0.2) is 62.9 Å². The number of aromatic nitrogens is 4. The third kappa shape index (κ3) is 4.94. The van der Waals surface area contributed by atoms with E-state index in [1.54, 1.807) is 22.6 Å². The highest BCUT2D eigenvalue weighted by Crippen LogP contribution is 2.37. The number of fused-ring (bicyclic) bond motifs is 4. The number of anilines is 1. The second-order valence-electron chi connectivity index (χ2n) is 11.4. The number of hydrogen-bond acceptors (Lipinski definition) is 7. The van der Waals surface area contributed by atoms with Crippen molar-refractivity contribution in [3.63, 3.8) is 0 Å². The minimum Gasteiger partial charge on any atom is -0.481 e. The molecule has 1 unspecified atom stereocenters. The van der Waals surface area contributed by atoms with Crippen LogP contribution < -0.4 is 4.90 Å². The zero-order valence-corrected chi connectivity index (χ0v) is 25.0. The Morgan fingerprint density at radius 3 is 2.76 bits per heavy atom. The molecule has 2 aliphatic heterocycles. The molecule has 0 bridgehead atoms. The van der Waals surface area contributed by atoms with Gasteiger partial charge in [-0.05, 0) is 86.1 Å². The van der Waals surface area contributed by atoms with Crippen molar-refractivity contribution >= 4 is 32.8 Å². The van der Waals surface area contributed by atoms with Crippen molar-refractivity contribution in [2.75, 3.05) is 18.0 Å². The van der Waals surface area contributed by atoms with Gasteiger partial charge in [0.15, 0.2) is 0 Å². The van der Waals surface area contributed by atoms with E-state index in [4.69, 9.17) is 0 Å². The number of carboxylic acid groups (broad SMARTS) is 1. The Bertz CT molecular complexity index is 1770. The normalized spacial score (nSPS) is 19.2. The molecule has 4 heterocycles. The van der Waals surface area contributed by atoms with Gasteiger partial charge in [0, 0.05) is 44.3 Å². The van der Waals surface area contributed by atoms with E-state index in [1.165, 1.54) is 0 Å². The first-order valence-corrected chi connectivity index (χ1v) is 16.0. The molecule has 10 nitrogen and oxygen atoms in total. The Morgan fingerprint density at radius 1 is 1.14 bits per heavy atom. The Balaban J connectivity index is 1.40. The Kier molecular flexibility index (Phi) is 7.48. The maximum absolute atomic E-state index is 14.0. The first-order valence-electron chi connectivity index (χ1n) is 14.5. The van der Waals surface area contributed by atoms with E-state index < -0.39 is 21.9 Å². The molecular formula is C31H36N6O4S. The van der Waals surface area contributed by atoms with Gasteiger partial charge >= 0.3 is 5.97 Å². The van der Waals surface area contributed by atoms with Crippen LogP contribution in [-0.2, 0) is 27.9 Å². The summed E-state index contributed by atoms with van der Waals surface area (Å²) >= 11 is 0. The van der Waals surface area contributed by atoms with Crippen molar-refractivity contribution < 1.29 is 18.3 Å². The van der Waals surface area contributed by atoms with Crippen LogP contribution in [0.2, 0.25) is 0 Å². The summed E-state index contributed by atoms with van der Waals surface area (Å²) < 4.78 is 31.5. The monoisotopic (exact) mass is 588 g/mol. The van der Waals surface area contributed by atoms with E-state index in [2.05, 4.69) is 20.2 Å². The fourth-order valence-electron chi connectivity index (χ4n) is 6.53. The molecule has 4 aromatic rings. The van der Waals surface area contributed by atoms with E-state index in [1.807, 2.05) is 55.8 Å². The second-order valence-corrected chi connectivity index (χ2v) is 13.3. The summed E-state index contributed by atoms with van der Waals surface area (Å²) in [5, 5.41) is 18.5. The number of hydrogen-bond donors (Lipinski definition) is 1. The molecule has 0 saturated carbocycles. The SMILES string of the molecule is CCn1nnc2c(C)c([C@H](CC(=O)O)c3ccc(C)c(CN4CC5CCCCN5c5ncccc5S4(=O)=O)c3)ccc21. The van der Waals surface area contributed by atoms with Crippen LogP contribution in [0.5, 0.6) is 0 Å². The zero-order chi connectivity index (χ0) is 29.6. The number of piperidine rings is 1. The van der Waals surface area contributed by atoms with Gasteiger partial charge in [0.25, 0.3) is 0 Å². The number of sulfonamides is 1. The molecule has 0 amide bonds. The largest absolute Gasteiger partial charge is 0.481 e. The fourth-order valence-corrected chi connectivity index (χ4v) is 8.14. The van der Waals surface area contributed by atoms with Crippen molar-refractivity contribution in [2.24, 2.45) is 0 Å². The number of carboxylic acids is 1. The molecule has 0 spiro atoms. The molecule has 0 aliphatic carbocycles. The predicted octanol–water partition coefficient (Wildman–Crippen LogP) is 4.63. The average Bonchev–Trinajstić information content (AvgIpc) is 3.38. The molecule has 11 heteroatoms. The van der Waals surface area contributed by atoms with E-state index in [-0.39, 0.29) is 23.9 Å². The van der Waals surface area contributed by atoms with E-state index >= 15 is 0 Å². The average molecular weight is 589 g/mol. The molecule has 220 valence electrons. The number of aliphatic carboxylic acids is 1. The summed E-state index contributed by atoms with van der Waals surface area (Å²) in [4.78, 5) is 19.0. The van der Waals surface area contributed by atoms with Gasteiger partial charge in [0.1, 0.15) is 16.2 Å². The lowest BCUT2D eigenvalue weighted by atomic mass is 9.84. The summed E-state index contributed by atoms with van der Waals surface area (Å²) in [6, 6.07) is 13.2. The van der Waals surface area contributed by atoms with Gasteiger partial charge in [0.2, 0.25) is 10.0 Å². The number of rotatable bonds is 7. The summed E-state index contributed by atoms with van der Waals surface area (Å²) in [6.45, 7) is 7.99. The number of nitrogens with zero attached hydrogens (tertiary/aromatic N) is 6. The summed E-state index contributed by atoms with van der Waals surface area (Å²) in [5.41, 5.74) is 6.10. The number of aryl methyl sites for hydroxylation is 3. The van der Waals surface area contributed by atoms with Gasteiger partial charge in [-0.2, -0.15) is 4.31 Å². The van der Waals surface area contributed by atoms with Gasteiger partial charge < -0.3 is 10.0 Å². The van der Waals surface area contributed by atoms with E-state index in [0.29, 0.717) is 18.9 Å². The standard InChI is InChI=1S/C31H36N6O4S/c1-4-37-27-13-12-25(21(3)30(27)33-34-37)26(17-29(38)39)22-11-10-20(2)23(16-22)18-35-19-24-8-5-6-15-36(24)31-28(42(35,40)41)9-7-14-32-31/h7,9-14,16,24,26H,4-6,8,15,17-19H2,1-3H3,(H,38,39)/t24?,26-/m1/s1. The van der Waals surface area contributed by atoms with Crippen molar-refractivity contribution in [3.05, 3.63) is 76.5 Å². The summed E-state index contributed by atoms with van der Waals surface area (Å²) in [6.07, 6.45) is 4.53. The maximum Gasteiger partial charge on any atom is 0.304 e. The first-order chi connectivity index (χ1) is 20.2. The second kappa shape index (κ2) is 11.1. The summed E-state index contributed by atoms with van der Waals surface area (Å²) in [5.74, 6) is -0.796. The molecule has 6 rings (SSSR count). The smallest absolute Gasteiger partial charge is 0.304 e. The highest BCUT2D eigenvalue weighted by molar-refractivity contribution is 7.89. The van der Waals surface area contributed by atoms with Crippen molar-refractivity contribution in [3.8, 4) is 0 Å². The predicted molar refractivity (Wildman–Crippen MR) is 160 cm³/mol. The first kappa shape index (κ1) is 28.3. The van der Waals surface area contributed by atoms with Crippen LogP contribution in [0.4, 0.5) is 5.82 Å². The quantitative estimate of drug-likeness (QED) is 0.332. The van der Waals surface area contributed by atoms with Gasteiger partial charge in [-0.15, -0.1) is 5.10 Å². The molecule has 1 N–H and O–H groups in total. The van der Waals surface area contributed by atoms with E-state index in [0.717, 1.165) is 64.7 Å². The Labute approximate surface area is 246 Å². The Morgan fingerprint density at radius 2 is 1.98 bits per heavy atom. The minimum absolute atomic E-state index is 0.0545. The highest BCUT2D eigenvalue weighted by Gasteiger charge is 2.39. The molecule has 2 aliphatic rings. The molecule has 42 heavy (non-hydrogen) atoms. The van der Waals surface area contributed by atoms with Gasteiger partial charge in [-0.25, -0.2) is 18.1 Å². The molecule has 1 saturated heterocycles. The van der Waals surface area contributed by atoms with Crippen molar-refractivity contribution in [1.82, 2.24) is 24.3 Å². The summed E-state index contributed by atoms with van der Waals surface area (Å²) in [7, 11) is -3.81. The lowest BCUT2D eigenvalue weighted by Crippen LogP contribution is -2.45. The van der Waals surface area contributed by atoms with Crippen LogP contribution in [0.15, 0.2) is 53.6 Å². The number of pyridine rings is 1. The van der Waals surface area contributed by atoms with Crippen LogP contribution >= 0.6 is 0 Å². The third-order valence-electron chi connectivity index (χ3n) is 8.84. The lowest BCUT2D eigenvalue weighted by Gasteiger charge is -2.36. The van der Waals surface area contributed by atoms with Gasteiger partial charge in [-0.1, -0.05) is 29.5 Å². The maximum atomic E-state index is 14.0. The van der Waals surface area contributed by atoms with Crippen LogP contribution in [0, 0.1) is 13.8 Å². The molecule has 2 aromatic heterocycles. The minimum atomic E-state index is -3.81. The molecule has 0 radical (unpaired) electrons. The molecular weight excluding hydrogens is 552 g/mol. The van der Waals surface area contributed by atoms with E-state index in [9.17, 15) is 18.3 Å². The van der Waals surface area contributed by atoms with Gasteiger partial charge in [-0.3, -0.25) is 4.79 Å². The molecule has 2 aromatic carbocycles. The zero-order valence-electron chi connectivity index (χ0n) is 24.2. The lowest BCUT2D eigenvalue weighted by molar-refractivity contribution is -0.137.